The zero-order valence-electron chi connectivity index (χ0n) is 30.6. The first-order valence-corrected chi connectivity index (χ1v) is 17.5. The minimum absolute atomic E-state index is 0.648. The average molecular weight is 670 g/mol. The van der Waals surface area contributed by atoms with Crippen molar-refractivity contribution < 1.29 is 0 Å². The molecule has 0 atom stereocenters. The van der Waals surface area contributed by atoms with E-state index in [9.17, 15) is 0 Å². The molecule has 0 amide bonds. The quantitative estimate of drug-likeness (QED) is 0.165. The zero-order valence-corrected chi connectivity index (χ0v) is 30.6. The van der Waals surface area contributed by atoms with Gasteiger partial charge >= 0.3 is 0 Å². The highest BCUT2D eigenvalue weighted by molar-refractivity contribution is 6.11. The molecular formula is C46H47N5. The minimum atomic E-state index is 0.648. The Morgan fingerprint density at radius 1 is 0.569 bits per heavy atom. The molecule has 0 fully saturated rings. The van der Waals surface area contributed by atoms with Crippen LogP contribution in [0.5, 0.6) is 0 Å². The molecule has 0 aliphatic rings. The van der Waals surface area contributed by atoms with Crippen molar-refractivity contribution in [1.29, 1.82) is 0 Å². The number of aromatic nitrogens is 4. The Morgan fingerprint density at radius 3 is 1.29 bits per heavy atom. The Bertz CT molecular complexity index is 2270. The fourth-order valence-corrected chi connectivity index (χ4v) is 6.27. The summed E-state index contributed by atoms with van der Waals surface area (Å²) in [5, 5.41) is 4.94. The van der Waals surface area contributed by atoms with Gasteiger partial charge in [0.15, 0.2) is 0 Å². The molecule has 8 aromatic rings. The van der Waals surface area contributed by atoms with Crippen LogP contribution in [0.25, 0.3) is 65.9 Å². The topological polar surface area (TPSA) is 38.9 Å². The number of nitrogens with zero attached hydrogens (tertiary/aromatic N) is 5. The van der Waals surface area contributed by atoms with E-state index in [0.717, 1.165) is 22.4 Å². The van der Waals surface area contributed by atoms with Crippen molar-refractivity contribution in [2.45, 2.75) is 34.4 Å². The molecule has 4 heterocycles. The lowest BCUT2D eigenvalue weighted by Crippen LogP contribution is -2.08. The number of benzene rings is 4. The van der Waals surface area contributed by atoms with Gasteiger partial charge in [0.1, 0.15) is 6.67 Å². The van der Waals surface area contributed by atoms with Crippen molar-refractivity contribution in [3.8, 4) is 22.3 Å². The van der Waals surface area contributed by atoms with Gasteiger partial charge in [0, 0.05) is 47.0 Å². The van der Waals surface area contributed by atoms with E-state index < -0.39 is 0 Å². The molecule has 0 unspecified atom stereocenters. The van der Waals surface area contributed by atoms with Crippen LogP contribution in [0.15, 0.2) is 147 Å². The van der Waals surface area contributed by atoms with Crippen molar-refractivity contribution in [1.82, 2.24) is 24.0 Å². The maximum Gasteiger partial charge on any atom is 0.100 e. The third kappa shape index (κ3) is 7.48. The van der Waals surface area contributed by atoms with E-state index in [0.29, 0.717) is 12.6 Å². The van der Waals surface area contributed by atoms with Gasteiger partial charge < -0.3 is 14.0 Å². The number of allylic oxidation sites excluding steroid dienone is 1. The van der Waals surface area contributed by atoms with Gasteiger partial charge in [-0.15, -0.1) is 6.58 Å². The predicted molar refractivity (Wildman–Crippen MR) is 219 cm³/mol. The Hall–Kier alpha value is -5.94. The molecule has 4 aromatic heterocycles. The fraction of sp³-hybridized carbons (Fsp3) is 0.174. The van der Waals surface area contributed by atoms with Gasteiger partial charge in [-0.1, -0.05) is 99.3 Å². The summed E-state index contributed by atoms with van der Waals surface area (Å²) in [6.07, 6.45) is 7.72. The molecule has 0 N–H and O–H groups in total. The van der Waals surface area contributed by atoms with Gasteiger partial charge in [-0.05, 0) is 84.6 Å². The van der Waals surface area contributed by atoms with E-state index in [-0.39, 0.29) is 0 Å². The first-order valence-electron chi connectivity index (χ1n) is 17.5. The number of rotatable bonds is 6. The second-order valence-electron chi connectivity index (χ2n) is 13.5. The van der Waals surface area contributed by atoms with Gasteiger partial charge in [0.25, 0.3) is 0 Å². The molecule has 0 saturated carbocycles. The number of hydrogen-bond acceptors (Lipinski definition) is 3. The second-order valence-corrected chi connectivity index (χ2v) is 13.5. The van der Waals surface area contributed by atoms with Gasteiger partial charge in [-0.25, -0.2) is 0 Å². The lowest BCUT2D eigenvalue weighted by molar-refractivity contribution is 0.566. The van der Waals surface area contributed by atoms with Crippen LogP contribution in [0.3, 0.4) is 0 Å². The molecule has 0 aliphatic carbocycles. The fourth-order valence-electron chi connectivity index (χ4n) is 6.27. The summed E-state index contributed by atoms with van der Waals surface area (Å²) in [5.74, 6) is 0.648. The van der Waals surface area contributed by atoms with E-state index in [1.165, 1.54) is 54.8 Å². The van der Waals surface area contributed by atoms with Crippen LogP contribution in [0.2, 0.25) is 0 Å². The standard InChI is InChI=1S/C37H28N4.C5H10.C4H9N/c1-24-17-30-32-19-28(26-9-5-3-6-10-26)13-15-34(32)40(36(30)21-38-24)23-41-35-16-14-29(27-11-7-4-8-12-27)20-33(35)31-18-25(2)39-22-37(31)41;2*1-4-5(2)3/h3-22H,23H2,1-2H3;4-5H,1H2,2-3H3;4H,1H2,2-3H3. The Balaban J connectivity index is 0.000000398. The molecule has 51 heavy (non-hydrogen) atoms. The van der Waals surface area contributed by atoms with E-state index >= 15 is 0 Å². The molecule has 5 heteroatoms. The Kier molecular flexibility index (Phi) is 10.5. The van der Waals surface area contributed by atoms with Crippen molar-refractivity contribution in [2.24, 2.45) is 5.92 Å². The molecule has 0 saturated heterocycles. The summed E-state index contributed by atoms with van der Waals surface area (Å²) in [6.45, 7) is 16.0. The normalized spacial score (nSPS) is 11.0. The van der Waals surface area contributed by atoms with Gasteiger partial charge in [-0.3, -0.25) is 9.97 Å². The third-order valence-corrected chi connectivity index (χ3v) is 9.11. The molecule has 256 valence electrons. The van der Waals surface area contributed by atoms with Crippen LogP contribution in [0, 0.1) is 19.8 Å². The minimum Gasteiger partial charge on any atom is -0.384 e. The molecule has 0 bridgehead atoms. The van der Waals surface area contributed by atoms with Crippen molar-refractivity contribution in [2.75, 3.05) is 14.1 Å². The molecule has 5 nitrogen and oxygen atoms in total. The van der Waals surface area contributed by atoms with Gasteiger partial charge in [0.2, 0.25) is 0 Å². The summed E-state index contributed by atoms with van der Waals surface area (Å²) < 4.78 is 4.80. The van der Waals surface area contributed by atoms with Gasteiger partial charge in [0.05, 0.1) is 34.5 Å². The molecule has 8 rings (SSSR count). The van der Waals surface area contributed by atoms with Gasteiger partial charge in [-0.2, -0.15) is 0 Å². The molecular weight excluding hydrogens is 623 g/mol. The summed E-state index contributed by atoms with van der Waals surface area (Å²) in [5.41, 5.74) is 11.6. The molecule has 0 aliphatic heterocycles. The summed E-state index contributed by atoms with van der Waals surface area (Å²) in [6, 6.07) is 39.3. The first-order chi connectivity index (χ1) is 24.7. The van der Waals surface area contributed by atoms with E-state index in [4.69, 9.17) is 9.97 Å². The zero-order chi connectivity index (χ0) is 36.1. The van der Waals surface area contributed by atoms with Crippen LogP contribution in [-0.4, -0.2) is 38.1 Å². The third-order valence-electron chi connectivity index (χ3n) is 9.11. The van der Waals surface area contributed by atoms with E-state index in [2.05, 4.69) is 159 Å². The van der Waals surface area contributed by atoms with Crippen LogP contribution < -0.4 is 0 Å². The maximum absolute atomic E-state index is 4.71. The average Bonchev–Trinajstić information content (AvgIpc) is 3.63. The van der Waals surface area contributed by atoms with E-state index in [1.807, 2.05) is 37.5 Å². The van der Waals surface area contributed by atoms with Crippen LogP contribution in [-0.2, 0) is 6.67 Å². The summed E-state index contributed by atoms with van der Waals surface area (Å²) in [7, 11) is 3.88. The number of aryl methyl sites for hydroxylation is 2. The highest BCUT2D eigenvalue weighted by Crippen LogP contribution is 2.36. The van der Waals surface area contributed by atoms with Crippen LogP contribution in [0.4, 0.5) is 0 Å². The molecule has 0 spiro atoms. The van der Waals surface area contributed by atoms with Crippen LogP contribution in [0.1, 0.15) is 25.2 Å². The first kappa shape index (κ1) is 34.9. The Morgan fingerprint density at radius 2 is 0.941 bits per heavy atom. The maximum atomic E-state index is 4.71. The summed E-state index contributed by atoms with van der Waals surface area (Å²) >= 11 is 0. The number of pyridine rings is 2. The monoisotopic (exact) mass is 669 g/mol. The van der Waals surface area contributed by atoms with Crippen molar-refractivity contribution in [3.63, 3.8) is 0 Å². The van der Waals surface area contributed by atoms with Crippen LogP contribution >= 0.6 is 0 Å². The highest BCUT2D eigenvalue weighted by Gasteiger charge is 2.17. The number of hydrogen-bond donors (Lipinski definition) is 0. The van der Waals surface area contributed by atoms with Crippen molar-refractivity contribution in [3.05, 3.63) is 158 Å². The lowest BCUT2D eigenvalue weighted by atomic mass is 10.0. The van der Waals surface area contributed by atoms with Crippen molar-refractivity contribution >= 4 is 43.6 Å². The molecule has 0 radical (unpaired) electrons. The smallest absolute Gasteiger partial charge is 0.100 e. The van der Waals surface area contributed by atoms with E-state index in [1.54, 1.807) is 6.20 Å². The predicted octanol–water partition coefficient (Wildman–Crippen LogP) is 11.7. The lowest BCUT2D eigenvalue weighted by Gasteiger charge is -2.12. The molecule has 4 aromatic carbocycles. The summed E-state index contributed by atoms with van der Waals surface area (Å²) in [4.78, 5) is 11.3. The Labute approximate surface area is 301 Å². The SMILES string of the molecule is C=CC(C)C.C=CN(C)C.Cc1cc2c3cc(-c4ccccc4)ccc3n(Cn3c4ccc(-c5ccccc5)cc4c4cc(C)ncc43)c2cn1. The largest absolute Gasteiger partial charge is 0.384 e. The second kappa shape index (κ2) is 15.3. The highest BCUT2D eigenvalue weighted by atomic mass is 15.2. The number of fused-ring (bicyclic) bond motifs is 6.